The second kappa shape index (κ2) is 5.40. The molecule has 13 heavy (non-hydrogen) atoms. The highest BCUT2D eigenvalue weighted by Crippen LogP contribution is 2.21. The maximum atomic E-state index is 5.35. The molecule has 2 N–H and O–H groups in total. The summed E-state index contributed by atoms with van der Waals surface area (Å²) in [7, 11) is 1.76. The zero-order valence-corrected chi connectivity index (χ0v) is 9.12. The molecule has 1 rings (SSSR count). The Morgan fingerprint density at radius 1 is 1.54 bits per heavy atom. The van der Waals surface area contributed by atoms with Crippen LogP contribution >= 0.6 is 12.2 Å². The van der Waals surface area contributed by atoms with Crippen LogP contribution in [0.15, 0.2) is 0 Å². The molecule has 0 aromatic rings. The van der Waals surface area contributed by atoms with Gasteiger partial charge in [-0.15, -0.1) is 0 Å². The van der Waals surface area contributed by atoms with E-state index >= 15 is 0 Å². The monoisotopic (exact) mass is 202 g/mol. The van der Waals surface area contributed by atoms with Gasteiger partial charge in [0, 0.05) is 13.7 Å². The van der Waals surface area contributed by atoms with Crippen LogP contribution in [0.25, 0.3) is 0 Å². The Bertz CT molecular complexity index is 175. The predicted molar refractivity (Wildman–Crippen MR) is 57.8 cm³/mol. The zero-order chi connectivity index (χ0) is 9.68. The Balaban J connectivity index is 2.30. The summed E-state index contributed by atoms with van der Waals surface area (Å²) in [5.74, 6) is 0. The average Bonchev–Trinajstić information content (AvgIpc) is 2.52. The SMILES string of the molecule is CCNC(=S)NC1CCCC1OC. The molecule has 4 heteroatoms. The van der Waals surface area contributed by atoms with E-state index in [1.165, 1.54) is 6.42 Å². The van der Waals surface area contributed by atoms with Gasteiger partial charge in [0.1, 0.15) is 0 Å². The Morgan fingerprint density at radius 3 is 2.92 bits per heavy atom. The Hall–Kier alpha value is -0.350. The van der Waals surface area contributed by atoms with E-state index in [1.807, 2.05) is 6.92 Å². The van der Waals surface area contributed by atoms with Crippen LogP contribution in [-0.2, 0) is 4.74 Å². The van der Waals surface area contributed by atoms with Crippen molar-refractivity contribution in [1.82, 2.24) is 10.6 Å². The van der Waals surface area contributed by atoms with E-state index in [4.69, 9.17) is 17.0 Å². The lowest BCUT2D eigenvalue weighted by molar-refractivity contribution is 0.0907. The summed E-state index contributed by atoms with van der Waals surface area (Å²) in [6, 6.07) is 0.400. The Kier molecular flexibility index (Phi) is 4.45. The van der Waals surface area contributed by atoms with Crippen LogP contribution in [0.2, 0.25) is 0 Å². The third-order valence-electron chi connectivity index (χ3n) is 2.41. The summed E-state index contributed by atoms with van der Waals surface area (Å²) in [6.07, 6.45) is 3.86. The molecular weight excluding hydrogens is 184 g/mol. The standard InChI is InChI=1S/C9H18N2OS/c1-3-10-9(13)11-7-5-4-6-8(7)12-2/h7-8H,3-6H2,1-2H3,(H2,10,11,13). The normalized spacial score (nSPS) is 27.2. The summed E-state index contributed by atoms with van der Waals surface area (Å²) >= 11 is 5.11. The van der Waals surface area contributed by atoms with Crippen molar-refractivity contribution >= 4 is 17.3 Å². The van der Waals surface area contributed by atoms with Crippen molar-refractivity contribution in [2.75, 3.05) is 13.7 Å². The van der Waals surface area contributed by atoms with E-state index in [9.17, 15) is 0 Å². The molecule has 76 valence electrons. The van der Waals surface area contributed by atoms with Crippen molar-refractivity contribution in [3.8, 4) is 0 Å². The molecular formula is C9H18N2OS. The van der Waals surface area contributed by atoms with Gasteiger partial charge in [0.05, 0.1) is 12.1 Å². The molecule has 1 saturated carbocycles. The van der Waals surface area contributed by atoms with Crippen molar-refractivity contribution in [2.45, 2.75) is 38.3 Å². The van der Waals surface area contributed by atoms with E-state index < -0.39 is 0 Å². The molecule has 0 heterocycles. The van der Waals surface area contributed by atoms with Crippen molar-refractivity contribution < 1.29 is 4.74 Å². The molecule has 0 aromatic carbocycles. The number of methoxy groups -OCH3 is 1. The first-order chi connectivity index (χ1) is 6.27. The second-order valence-corrected chi connectivity index (χ2v) is 3.72. The van der Waals surface area contributed by atoms with Gasteiger partial charge < -0.3 is 15.4 Å². The van der Waals surface area contributed by atoms with Crippen molar-refractivity contribution in [2.24, 2.45) is 0 Å². The van der Waals surface area contributed by atoms with E-state index in [0.717, 1.165) is 24.5 Å². The van der Waals surface area contributed by atoms with Crippen LogP contribution in [0, 0.1) is 0 Å². The lowest BCUT2D eigenvalue weighted by Gasteiger charge is -2.21. The summed E-state index contributed by atoms with van der Waals surface area (Å²) in [6.45, 7) is 2.91. The predicted octanol–water partition coefficient (Wildman–Crippen LogP) is 1.04. The number of ether oxygens (including phenoxy) is 1. The minimum Gasteiger partial charge on any atom is -0.379 e. The van der Waals surface area contributed by atoms with Gasteiger partial charge in [-0.05, 0) is 38.4 Å². The molecule has 2 unspecified atom stereocenters. The molecule has 1 fully saturated rings. The van der Waals surface area contributed by atoms with Gasteiger partial charge in [-0.2, -0.15) is 0 Å². The third kappa shape index (κ3) is 3.12. The highest BCUT2D eigenvalue weighted by atomic mass is 32.1. The Labute approximate surface area is 85.2 Å². The van der Waals surface area contributed by atoms with Gasteiger partial charge in [0.15, 0.2) is 5.11 Å². The molecule has 0 spiro atoms. The molecule has 0 saturated heterocycles. The summed E-state index contributed by atoms with van der Waals surface area (Å²) in [4.78, 5) is 0. The van der Waals surface area contributed by atoms with Crippen LogP contribution in [0.4, 0.5) is 0 Å². The van der Waals surface area contributed by atoms with Crippen LogP contribution in [0.5, 0.6) is 0 Å². The average molecular weight is 202 g/mol. The maximum absolute atomic E-state index is 5.35. The summed E-state index contributed by atoms with van der Waals surface area (Å²) in [5, 5.41) is 7.10. The molecule has 1 aliphatic rings. The topological polar surface area (TPSA) is 33.3 Å². The molecule has 0 aliphatic heterocycles. The molecule has 0 bridgehead atoms. The van der Waals surface area contributed by atoms with Crippen molar-refractivity contribution in [3.63, 3.8) is 0 Å². The first-order valence-corrected chi connectivity index (χ1v) is 5.26. The van der Waals surface area contributed by atoms with Crippen LogP contribution < -0.4 is 10.6 Å². The second-order valence-electron chi connectivity index (χ2n) is 3.32. The molecule has 0 radical (unpaired) electrons. The fourth-order valence-electron chi connectivity index (χ4n) is 1.75. The van der Waals surface area contributed by atoms with E-state index in [0.29, 0.717) is 12.1 Å². The van der Waals surface area contributed by atoms with Crippen LogP contribution in [0.3, 0.4) is 0 Å². The Morgan fingerprint density at radius 2 is 2.31 bits per heavy atom. The van der Waals surface area contributed by atoms with Gasteiger partial charge in [-0.25, -0.2) is 0 Å². The lowest BCUT2D eigenvalue weighted by Crippen LogP contribution is -2.45. The van der Waals surface area contributed by atoms with Gasteiger partial charge in [-0.1, -0.05) is 0 Å². The largest absolute Gasteiger partial charge is 0.379 e. The molecule has 1 aliphatic carbocycles. The number of thiocarbonyl (C=S) groups is 1. The molecule has 2 atom stereocenters. The zero-order valence-electron chi connectivity index (χ0n) is 8.30. The minimum atomic E-state index is 0.330. The quantitative estimate of drug-likeness (QED) is 0.670. The van der Waals surface area contributed by atoms with Crippen molar-refractivity contribution in [3.05, 3.63) is 0 Å². The van der Waals surface area contributed by atoms with Gasteiger partial charge in [0.2, 0.25) is 0 Å². The number of rotatable bonds is 3. The minimum absolute atomic E-state index is 0.330. The number of hydrogen-bond acceptors (Lipinski definition) is 2. The van der Waals surface area contributed by atoms with Crippen LogP contribution in [-0.4, -0.2) is 30.9 Å². The smallest absolute Gasteiger partial charge is 0.166 e. The molecule has 3 nitrogen and oxygen atoms in total. The van der Waals surface area contributed by atoms with Crippen LogP contribution in [0.1, 0.15) is 26.2 Å². The van der Waals surface area contributed by atoms with Gasteiger partial charge >= 0.3 is 0 Å². The van der Waals surface area contributed by atoms with Gasteiger partial charge in [-0.3, -0.25) is 0 Å². The van der Waals surface area contributed by atoms with Gasteiger partial charge in [0.25, 0.3) is 0 Å². The first kappa shape index (κ1) is 10.7. The molecule has 0 amide bonds. The fourth-order valence-corrected chi connectivity index (χ4v) is 2.05. The fraction of sp³-hybridized carbons (Fsp3) is 0.889. The highest BCUT2D eigenvalue weighted by molar-refractivity contribution is 7.80. The van der Waals surface area contributed by atoms with E-state index in [2.05, 4.69) is 10.6 Å². The number of nitrogens with one attached hydrogen (secondary N) is 2. The molecule has 0 aromatic heterocycles. The lowest BCUT2D eigenvalue weighted by atomic mass is 10.2. The summed E-state index contributed by atoms with van der Waals surface area (Å²) in [5.41, 5.74) is 0. The first-order valence-electron chi connectivity index (χ1n) is 4.85. The number of hydrogen-bond donors (Lipinski definition) is 2. The third-order valence-corrected chi connectivity index (χ3v) is 2.67. The highest BCUT2D eigenvalue weighted by Gasteiger charge is 2.27. The van der Waals surface area contributed by atoms with E-state index in [1.54, 1.807) is 7.11 Å². The maximum Gasteiger partial charge on any atom is 0.166 e. The van der Waals surface area contributed by atoms with Crippen molar-refractivity contribution in [1.29, 1.82) is 0 Å². The summed E-state index contributed by atoms with van der Waals surface area (Å²) < 4.78 is 5.35. The van der Waals surface area contributed by atoms with E-state index in [-0.39, 0.29) is 0 Å².